The van der Waals surface area contributed by atoms with Crippen molar-refractivity contribution in [2.45, 2.75) is 271 Å². The average molecular weight is 803 g/mol. The molecule has 6 nitrogen and oxygen atoms in total. The second kappa shape index (κ2) is 46.6. The minimum Gasteiger partial charge on any atom is -0.462 e. The number of ether oxygens (including phenoxy) is 3. The van der Waals surface area contributed by atoms with Crippen molar-refractivity contribution in [3.8, 4) is 0 Å². The van der Waals surface area contributed by atoms with E-state index in [2.05, 4.69) is 39.0 Å². The Labute approximate surface area is 353 Å². The van der Waals surface area contributed by atoms with Crippen LogP contribution in [0.1, 0.15) is 265 Å². The van der Waals surface area contributed by atoms with Gasteiger partial charge in [-0.15, -0.1) is 0 Å². The third-order valence-electron chi connectivity index (χ3n) is 11.0. The van der Waals surface area contributed by atoms with Gasteiger partial charge in [-0.2, -0.15) is 0 Å². The SMILES string of the molecule is CCCCCCCC/C=C/C/C=C/CCC(=O)OCC(COC(=O)CCCCCCCCCCCCCCC)OC(=O)CCCCCCCCCCCCCCC. The van der Waals surface area contributed by atoms with Crippen LogP contribution in [-0.4, -0.2) is 37.2 Å². The van der Waals surface area contributed by atoms with E-state index in [-0.39, 0.29) is 37.5 Å². The Morgan fingerprint density at radius 1 is 0.351 bits per heavy atom. The Kier molecular flexibility index (Phi) is 44.9. The lowest BCUT2D eigenvalue weighted by Gasteiger charge is -2.18. The lowest BCUT2D eigenvalue weighted by molar-refractivity contribution is -0.166. The van der Waals surface area contributed by atoms with Crippen molar-refractivity contribution in [2.24, 2.45) is 0 Å². The smallest absolute Gasteiger partial charge is 0.306 e. The van der Waals surface area contributed by atoms with E-state index in [1.54, 1.807) is 0 Å². The number of rotatable bonds is 45. The number of carbonyl (C=O) groups is 3. The quantitative estimate of drug-likeness (QED) is 0.0264. The van der Waals surface area contributed by atoms with Crippen molar-refractivity contribution >= 4 is 17.9 Å². The van der Waals surface area contributed by atoms with Gasteiger partial charge in [-0.25, -0.2) is 0 Å². The largest absolute Gasteiger partial charge is 0.462 e. The standard InChI is InChI=1S/C51H94O6/c1-4-7-10-13-16-19-22-25-28-31-34-37-40-43-49(52)55-46-48(57-51(54)45-42-39-36-33-30-27-24-21-18-15-12-9-6-3)47-56-50(53)44-41-38-35-32-29-26-23-20-17-14-11-8-5-2/h25,28,34,37,48H,4-24,26-27,29-33,35-36,38-47H2,1-3H3/b28-25+,37-34+. The van der Waals surface area contributed by atoms with Gasteiger partial charge in [0.2, 0.25) is 0 Å². The monoisotopic (exact) mass is 803 g/mol. The molecule has 0 aromatic rings. The molecule has 1 atom stereocenters. The summed E-state index contributed by atoms with van der Waals surface area (Å²) in [6.45, 7) is 6.59. The van der Waals surface area contributed by atoms with Crippen LogP contribution in [0.25, 0.3) is 0 Å². The van der Waals surface area contributed by atoms with Gasteiger partial charge in [0.1, 0.15) is 13.2 Å². The summed E-state index contributed by atoms with van der Waals surface area (Å²) in [5, 5.41) is 0. The topological polar surface area (TPSA) is 78.9 Å². The van der Waals surface area contributed by atoms with E-state index in [4.69, 9.17) is 14.2 Å². The van der Waals surface area contributed by atoms with E-state index < -0.39 is 6.10 Å². The summed E-state index contributed by atoms with van der Waals surface area (Å²) in [7, 11) is 0. The van der Waals surface area contributed by atoms with Crippen molar-refractivity contribution in [3.63, 3.8) is 0 Å². The number of unbranched alkanes of at least 4 members (excludes halogenated alkanes) is 30. The number of esters is 3. The normalized spacial score (nSPS) is 12.1. The number of allylic oxidation sites excluding steroid dienone is 4. The van der Waals surface area contributed by atoms with Crippen LogP contribution in [0.2, 0.25) is 0 Å². The summed E-state index contributed by atoms with van der Waals surface area (Å²) in [6, 6.07) is 0. The molecule has 334 valence electrons. The molecule has 0 rings (SSSR count). The molecule has 0 aromatic heterocycles. The van der Waals surface area contributed by atoms with Gasteiger partial charge < -0.3 is 14.2 Å². The molecule has 0 heterocycles. The van der Waals surface area contributed by atoms with Crippen LogP contribution >= 0.6 is 0 Å². The zero-order valence-electron chi connectivity index (χ0n) is 38.1. The molecule has 0 saturated carbocycles. The average Bonchev–Trinajstić information content (AvgIpc) is 3.21. The van der Waals surface area contributed by atoms with Crippen molar-refractivity contribution in [3.05, 3.63) is 24.3 Å². The zero-order valence-corrected chi connectivity index (χ0v) is 38.1. The van der Waals surface area contributed by atoms with E-state index in [9.17, 15) is 14.4 Å². The molecule has 0 fully saturated rings. The lowest BCUT2D eigenvalue weighted by Crippen LogP contribution is -2.30. The fourth-order valence-corrected chi connectivity index (χ4v) is 7.20. The van der Waals surface area contributed by atoms with Gasteiger partial charge in [-0.05, 0) is 38.5 Å². The van der Waals surface area contributed by atoms with Gasteiger partial charge in [0, 0.05) is 19.3 Å². The highest BCUT2D eigenvalue weighted by Crippen LogP contribution is 2.15. The molecule has 0 aliphatic heterocycles. The predicted octanol–water partition coefficient (Wildman–Crippen LogP) is 16.0. The Bertz CT molecular complexity index is 927. The van der Waals surface area contributed by atoms with E-state index >= 15 is 0 Å². The van der Waals surface area contributed by atoms with E-state index in [0.717, 1.165) is 51.4 Å². The third-order valence-corrected chi connectivity index (χ3v) is 11.0. The highest BCUT2D eigenvalue weighted by Gasteiger charge is 2.19. The first-order valence-electron chi connectivity index (χ1n) is 24.8. The first kappa shape index (κ1) is 54.9. The minimum atomic E-state index is -0.786. The molecule has 0 aliphatic rings. The van der Waals surface area contributed by atoms with Gasteiger partial charge >= 0.3 is 17.9 Å². The second-order valence-electron chi connectivity index (χ2n) is 16.7. The maximum absolute atomic E-state index is 12.7. The molecule has 1 unspecified atom stereocenters. The minimum absolute atomic E-state index is 0.0835. The number of hydrogen-bond acceptors (Lipinski definition) is 6. The Hall–Kier alpha value is -2.11. The summed E-state index contributed by atoms with van der Waals surface area (Å²) in [5.41, 5.74) is 0. The van der Waals surface area contributed by atoms with E-state index in [0.29, 0.717) is 19.3 Å². The molecule has 0 amide bonds. The number of hydrogen-bond donors (Lipinski definition) is 0. The Morgan fingerprint density at radius 3 is 1.07 bits per heavy atom. The fraction of sp³-hybridized carbons (Fsp3) is 0.863. The molecular formula is C51H94O6. The van der Waals surface area contributed by atoms with Gasteiger partial charge in [-0.1, -0.05) is 231 Å². The molecule has 0 radical (unpaired) electrons. The van der Waals surface area contributed by atoms with Crippen molar-refractivity contribution in [1.29, 1.82) is 0 Å². The predicted molar refractivity (Wildman–Crippen MR) is 243 cm³/mol. The van der Waals surface area contributed by atoms with Gasteiger partial charge in [0.15, 0.2) is 6.10 Å². The summed E-state index contributed by atoms with van der Waals surface area (Å²) in [6.07, 6.45) is 51.7. The van der Waals surface area contributed by atoms with Crippen molar-refractivity contribution < 1.29 is 28.6 Å². The van der Waals surface area contributed by atoms with E-state index in [1.165, 1.54) is 167 Å². The molecule has 0 saturated heterocycles. The molecule has 6 heteroatoms. The Morgan fingerprint density at radius 2 is 0.667 bits per heavy atom. The van der Waals surface area contributed by atoms with Crippen LogP contribution in [0.3, 0.4) is 0 Å². The summed E-state index contributed by atoms with van der Waals surface area (Å²) in [4.78, 5) is 37.8. The molecule has 0 bridgehead atoms. The van der Waals surface area contributed by atoms with Crippen LogP contribution in [0, 0.1) is 0 Å². The number of carbonyl (C=O) groups excluding carboxylic acids is 3. The maximum Gasteiger partial charge on any atom is 0.306 e. The first-order valence-corrected chi connectivity index (χ1v) is 24.8. The van der Waals surface area contributed by atoms with Crippen LogP contribution < -0.4 is 0 Å². The molecule has 0 N–H and O–H groups in total. The van der Waals surface area contributed by atoms with Crippen LogP contribution in [0.4, 0.5) is 0 Å². The van der Waals surface area contributed by atoms with Crippen molar-refractivity contribution in [1.82, 2.24) is 0 Å². The van der Waals surface area contributed by atoms with Crippen LogP contribution in [0.5, 0.6) is 0 Å². The summed E-state index contributed by atoms with van der Waals surface area (Å²) in [5.74, 6) is -0.943. The van der Waals surface area contributed by atoms with E-state index in [1.807, 2.05) is 6.08 Å². The summed E-state index contributed by atoms with van der Waals surface area (Å²) >= 11 is 0. The summed E-state index contributed by atoms with van der Waals surface area (Å²) < 4.78 is 16.7. The lowest BCUT2D eigenvalue weighted by atomic mass is 10.0. The highest BCUT2D eigenvalue weighted by molar-refractivity contribution is 5.71. The first-order chi connectivity index (χ1) is 28.0. The molecule has 57 heavy (non-hydrogen) atoms. The molecule has 0 aliphatic carbocycles. The molecule has 0 spiro atoms. The second-order valence-corrected chi connectivity index (χ2v) is 16.7. The van der Waals surface area contributed by atoms with Gasteiger partial charge in [0.05, 0.1) is 0 Å². The molecule has 0 aromatic carbocycles. The third kappa shape index (κ3) is 44.8. The maximum atomic E-state index is 12.7. The Balaban J connectivity index is 4.40. The zero-order chi connectivity index (χ0) is 41.5. The van der Waals surface area contributed by atoms with Gasteiger partial charge in [0.25, 0.3) is 0 Å². The van der Waals surface area contributed by atoms with Crippen molar-refractivity contribution in [2.75, 3.05) is 13.2 Å². The van der Waals surface area contributed by atoms with Gasteiger partial charge in [-0.3, -0.25) is 14.4 Å². The molecular weight excluding hydrogens is 709 g/mol. The fourth-order valence-electron chi connectivity index (χ4n) is 7.20. The highest BCUT2D eigenvalue weighted by atomic mass is 16.6. The van der Waals surface area contributed by atoms with Crippen LogP contribution in [0.15, 0.2) is 24.3 Å². The van der Waals surface area contributed by atoms with Crippen LogP contribution in [-0.2, 0) is 28.6 Å².